The Morgan fingerprint density at radius 2 is 2.50 bits per heavy atom. The van der Waals surface area contributed by atoms with E-state index >= 15 is 0 Å². The third-order valence-electron chi connectivity index (χ3n) is 2.58. The van der Waals surface area contributed by atoms with Crippen molar-refractivity contribution in [1.29, 1.82) is 0 Å². The Morgan fingerprint density at radius 3 is 3.12 bits per heavy atom. The van der Waals surface area contributed by atoms with Crippen molar-refractivity contribution < 1.29 is 4.92 Å². The Morgan fingerprint density at radius 1 is 1.69 bits per heavy atom. The Bertz CT molecular complexity index is 405. The van der Waals surface area contributed by atoms with Crippen LogP contribution >= 0.6 is 11.8 Å². The molecule has 2 rings (SSSR count). The molecule has 2 heterocycles. The van der Waals surface area contributed by atoms with Crippen LogP contribution < -0.4 is 5.32 Å². The van der Waals surface area contributed by atoms with E-state index in [-0.39, 0.29) is 10.6 Å². The van der Waals surface area contributed by atoms with Gasteiger partial charge in [0.2, 0.25) is 5.82 Å². The van der Waals surface area contributed by atoms with E-state index in [9.17, 15) is 10.1 Å². The zero-order valence-corrected chi connectivity index (χ0v) is 9.79. The fourth-order valence-corrected chi connectivity index (χ4v) is 2.88. The fourth-order valence-electron chi connectivity index (χ4n) is 1.73. The van der Waals surface area contributed by atoms with E-state index in [0.29, 0.717) is 17.4 Å². The SMILES string of the molecule is Cc1ccnc(NC2CCSC2)c1[N+](=O)[O-]. The molecule has 86 valence electrons. The molecule has 16 heavy (non-hydrogen) atoms. The van der Waals surface area contributed by atoms with Crippen molar-refractivity contribution in [3.05, 3.63) is 27.9 Å². The van der Waals surface area contributed by atoms with E-state index < -0.39 is 0 Å². The molecule has 1 unspecified atom stereocenters. The molecule has 1 fully saturated rings. The summed E-state index contributed by atoms with van der Waals surface area (Å²) >= 11 is 1.86. The lowest BCUT2D eigenvalue weighted by atomic mass is 10.2. The number of thioether (sulfide) groups is 1. The maximum atomic E-state index is 10.9. The Labute approximate surface area is 97.8 Å². The summed E-state index contributed by atoms with van der Waals surface area (Å²) in [5, 5.41) is 14.1. The molecule has 1 aliphatic rings. The van der Waals surface area contributed by atoms with Gasteiger partial charge in [0, 0.05) is 23.6 Å². The molecular weight excluding hydrogens is 226 g/mol. The highest BCUT2D eigenvalue weighted by Crippen LogP contribution is 2.28. The van der Waals surface area contributed by atoms with Crippen molar-refractivity contribution in [2.45, 2.75) is 19.4 Å². The predicted molar refractivity (Wildman–Crippen MR) is 65.0 cm³/mol. The van der Waals surface area contributed by atoms with Crippen molar-refractivity contribution in [2.75, 3.05) is 16.8 Å². The number of nitrogens with one attached hydrogen (secondary N) is 1. The summed E-state index contributed by atoms with van der Waals surface area (Å²) in [6.45, 7) is 1.73. The minimum absolute atomic E-state index is 0.0967. The standard InChI is InChI=1S/C10H13N3O2S/c1-7-2-4-11-10(9(7)13(14)15)12-8-3-5-16-6-8/h2,4,8H,3,5-6H2,1H3,(H,11,12). The van der Waals surface area contributed by atoms with Gasteiger partial charge in [-0.1, -0.05) is 0 Å². The van der Waals surface area contributed by atoms with Gasteiger partial charge < -0.3 is 5.32 Å². The molecular formula is C10H13N3O2S. The van der Waals surface area contributed by atoms with Crippen LogP contribution in [0, 0.1) is 17.0 Å². The quantitative estimate of drug-likeness (QED) is 0.647. The Kier molecular flexibility index (Phi) is 3.28. The molecule has 1 N–H and O–H groups in total. The summed E-state index contributed by atoms with van der Waals surface area (Å²) < 4.78 is 0. The molecule has 6 heteroatoms. The van der Waals surface area contributed by atoms with Crippen LogP contribution in [0.1, 0.15) is 12.0 Å². The van der Waals surface area contributed by atoms with Gasteiger partial charge in [0.05, 0.1) is 4.92 Å². The van der Waals surface area contributed by atoms with Gasteiger partial charge in [0.1, 0.15) is 0 Å². The molecule has 5 nitrogen and oxygen atoms in total. The number of anilines is 1. The lowest BCUT2D eigenvalue weighted by molar-refractivity contribution is -0.384. The van der Waals surface area contributed by atoms with Gasteiger partial charge in [-0.05, 0) is 25.2 Å². The third-order valence-corrected chi connectivity index (χ3v) is 3.74. The molecule has 1 aromatic heterocycles. The fraction of sp³-hybridized carbons (Fsp3) is 0.500. The van der Waals surface area contributed by atoms with Crippen LogP contribution in [0.5, 0.6) is 0 Å². The lowest BCUT2D eigenvalue weighted by Gasteiger charge is -2.12. The van der Waals surface area contributed by atoms with Crippen LogP contribution in [0.25, 0.3) is 0 Å². The monoisotopic (exact) mass is 239 g/mol. The highest BCUT2D eigenvalue weighted by Gasteiger charge is 2.22. The van der Waals surface area contributed by atoms with Crippen molar-refractivity contribution in [1.82, 2.24) is 4.98 Å². The Balaban J connectivity index is 2.25. The first-order valence-corrected chi connectivity index (χ1v) is 6.28. The second-order valence-electron chi connectivity index (χ2n) is 3.79. The Hall–Kier alpha value is -1.30. The summed E-state index contributed by atoms with van der Waals surface area (Å²) in [4.78, 5) is 14.6. The van der Waals surface area contributed by atoms with E-state index in [1.54, 1.807) is 19.2 Å². The zero-order chi connectivity index (χ0) is 11.5. The van der Waals surface area contributed by atoms with Gasteiger partial charge in [-0.25, -0.2) is 4.98 Å². The summed E-state index contributed by atoms with van der Waals surface area (Å²) in [6.07, 6.45) is 2.64. The highest BCUT2D eigenvalue weighted by molar-refractivity contribution is 7.99. The highest BCUT2D eigenvalue weighted by atomic mass is 32.2. The largest absolute Gasteiger partial charge is 0.361 e. The van der Waals surface area contributed by atoms with Gasteiger partial charge in [-0.3, -0.25) is 10.1 Å². The average Bonchev–Trinajstić information content (AvgIpc) is 2.70. The molecule has 0 radical (unpaired) electrons. The number of aromatic nitrogens is 1. The van der Waals surface area contributed by atoms with Crippen LogP contribution in [0.4, 0.5) is 11.5 Å². The average molecular weight is 239 g/mol. The number of nitrogens with zero attached hydrogens (tertiary/aromatic N) is 2. The molecule has 0 bridgehead atoms. The molecule has 0 spiro atoms. The minimum Gasteiger partial charge on any atom is -0.361 e. The molecule has 1 saturated heterocycles. The van der Waals surface area contributed by atoms with Crippen LogP contribution in [0.3, 0.4) is 0 Å². The summed E-state index contributed by atoms with van der Waals surface area (Å²) in [5.41, 5.74) is 0.743. The minimum atomic E-state index is -0.368. The molecule has 0 aliphatic carbocycles. The molecule has 0 amide bonds. The number of hydrogen-bond donors (Lipinski definition) is 1. The van der Waals surface area contributed by atoms with Gasteiger partial charge in [-0.2, -0.15) is 11.8 Å². The van der Waals surface area contributed by atoms with Crippen molar-refractivity contribution in [2.24, 2.45) is 0 Å². The van der Waals surface area contributed by atoms with Crippen molar-refractivity contribution in [3.63, 3.8) is 0 Å². The smallest absolute Gasteiger partial charge is 0.314 e. The second-order valence-corrected chi connectivity index (χ2v) is 4.94. The van der Waals surface area contributed by atoms with E-state index in [1.165, 1.54) is 0 Å². The van der Waals surface area contributed by atoms with E-state index in [2.05, 4.69) is 10.3 Å². The molecule has 0 saturated carbocycles. The van der Waals surface area contributed by atoms with Gasteiger partial charge in [-0.15, -0.1) is 0 Å². The summed E-state index contributed by atoms with van der Waals surface area (Å²) in [7, 11) is 0. The first kappa shape index (κ1) is 11.2. The lowest BCUT2D eigenvalue weighted by Crippen LogP contribution is -2.20. The third kappa shape index (κ3) is 2.27. The molecule has 1 aromatic rings. The maximum absolute atomic E-state index is 10.9. The van der Waals surface area contributed by atoms with Gasteiger partial charge >= 0.3 is 5.69 Å². The molecule has 0 aromatic carbocycles. The topological polar surface area (TPSA) is 68.1 Å². The van der Waals surface area contributed by atoms with Crippen molar-refractivity contribution >= 4 is 23.3 Å². The van der Waals surface area contributed by atoms with Crippen molar-refractivity contribution in [3.8, 4) is 0 Å². The van der Waals surface area contributed by atoms with Gasteiger partial charge in [0.15, 0.2) is 0 Å². The van der Waals surface area contributed by atoms with Gasteiger partial charge in [0.25, 0.3) is 0 Å². The molecule has 1 atom stereocenters. The van der Waals surface area contributed by atoms with E-state index in [0.717, 1.165) is 17.9 Å². The van der Waals surface area contributed by atoms with Crippen LogP contribution in [0.2, 0.25) is 0 Å². The zero-order valence-electron chi connectivity index (χ0n) is 8.97. The maximum Gasteiger partial charge on any atom is 0.314 e. The second kappa shape index (κ2) is 4.69. The van der Waals surface area contributed by atoms with E-state index in [4.69, 9.17) is 0 Å². The van der Waals surface area contributed by atoms with Crippen LogP contribution in [-0.2, 0) is 0 Å². The number of hydrogen-bond acceptors (Lipinski definition) is 5. The summed E-state index contributed by atoms with van der Waals surface area (Å²) in [5.74, 6) is 2.50. The first-order valence-electron chi connectivity index (χ1n) is 5.13. The van der Waals surface area contributed by atoms with Crippen LogP contribution in [-0.4, -0.2) is 27.5 Å². The number of pyridine rings is 1. The van der Waals surface area contributed by atoms with Crippen LogP contribution in [0.15, 0.2) is 12.3 Å². The predicted octanol–water partition coefficient (Wildman–Crippen LogP) is 2.22. The van der Waals surface area contributed by atoms with E-state index in [1.807, 2.05) is 11.8 Å². The normalized spacial score (nSPS) is 19.7. The number of rotatable bonds is 3. The first-order chi connectivity index (χ1) is 7.68. The number of nitro groups is 1. The summed E-state index contributed by atoms with van der Waals surface area (Å²) in [6, 6.07) is 1.96. The number of aryl methyl sites for hydroxylation is 1. The molecule has 1 aliphatic heterocycles.